The highest BCUT2D eigenvalue weighted by molar-refractivity contribution is 5.85. The molecule has 23 heavy (non-hydrogen) atoms. The topological polar surface area (TPSA) is 50.4 Å². The lowest BCUT2D eigenvalue weighted by molar-refractivity contribution is -0.126. The molecule has 0 aromatic heterocycles. The number of hydrogen-bond donors (Lipinski definition) is 2. The molecule has 3 atom stereocenters. The first-order valence-electron chi connectivity index (χ1n) is 8.25. The fraction of sp³-hybridized carbons (Fsp3) is 0.611. The highest BCUT2D eigenvalue weighted by Crippen LogP contribution is 2.17. The van der Waals surface area contributed by atoms with Gasteiger partial charge in [0.15, 0.2) is 0 Å². The second-order valence-corrected chi connectivity index (χ2v) is 6.37. The summed E-state index contributed by atoms with van der Waals surface area (Å²) in [5, 5.41) is 6.56. The Morgan fingerprint density at radius 3 is 2.70 bits per heavy atom. The van der Waals surface area contributed by atoms with Gasteiger partial charge in [-0.2, -0.15) is 0 Å². The van der Waals surface area contributed by atoms with Gasteiger partial charge in [-0.1, -0.05) is 12.1 Å². The number of carbonyl (C=O) groups is 1. The van der Waals surface area contributed by atoms with Crippen LogP contribution in [0, 0.1) is 5.92 Å². The van der Waals surface area contributed by atoms with Crippen LogP contribution in [0.4, 0.5) is 0 Å². The van der Waals surface area contributed by atoms with Crippen molar-refractivity contribution in [2.45, 2.75) is 51.6 Å². The number of halogens is 1. The Morgan fingerprint density at radius 1 is 1.39 bits per heavy atom. The van der Waals surface area contributed by atoms with Gasteiger partial charge in [0, 0.05) is 18.0 Å². The molecule has 4 nitrogen and oxygen atoms in total. The van der Waals surface area contributed by atoms with Gasteiger partial charge in [-0.15, -0.1) is 12.4 Å². The van der Waals surface area contributed by atoms with Crippen molar-refractivity contribution in [2.24, 2.45) is 5.92 Å². The van der Waals surface area contributed by atoms with Crippen LogP contribution < -0.4 is 15.4 Å². The third kappa shape index (κ3) is 6.40. The Balaban J connectivity index is 0.00000264. The number of nitrogens with one attached hydrogen (secondary N) is 2. The smallest absolute Gasteiger partial charge is 0.223 e. The van der Waals surface area contributed by atoms with E-state index in [2.05, 4.69) is 36.6 Å². The number of benzene rings is 1. The van der Waals surface area contributed by atoms with Crippen LogP contribution in [0.3, 0.4) is 0 Å². The molecule has 0 spiro atoms. The van der Waals surface area contributed by atoms with E-state index >= 15 is 0 Å². The van der Waals surface area contributed by atoms with Crippen molar-refractivity contribution >= 4 is 18.3 Å². The summed E-state index contributed by atoms with van der Waals surface area (Å²) < 4.78 is 5.16. The van der Waals surface area contributed by atoms with Gasteiger partial charge in [-0.25, -0.2) is 0 Å². The summed E-state index contributed by atoms with van der Waals surface area (Å²) in [4.78, 5) is 12.3. The highest BCUT2D eigenvalue weighted by Gasteiger charge is 2.25. The van der Waals surface area contributed by atoms with Crippen molar-refractivity contribution in [1.82, 2.24) is 10.6 Å². The summed E-state index contributed by atoms with van der Waals surface area (Å²) >= 11 is 0. The van der Waals surface area contributed by atoms with Gasteiger partial charge in [0.25, 0.3) is 0 Å². The van der Waals surface area contributed by atoms with E-state index < -0.39 is 0 Å². The van der Waals surface area contributed by atoms with Crippen LogP contribution in [0.2, 0.25) is 0 Å². The summed E-state index contributed by atoms with van der Waals surface area (Å²) in [7, 11) is 1.67. The zero-order chi connectivity index (χ0) is 15.9. The lowest BCUT2D eigenvalue weighted by Gasteiger charge is -2.28. The van der Waals surface area contributed by atoms with Crippen molar-refractivity contribution in [3.63, 3.8) is 0 Å². The van der Waals surface area contributed by atoms with Gasteiger partial charge >= 0.3 is 0 Å². The highest BCUT2D eigenvalue weighted by atomic mass is 35.5. The minimum Gasteiger partial charge on any atom is -0.497 e. The molecule has 1 aliphatic heterocycles. The molecule has 1 aromatic carbocycles. The Hall–Kier alpha value is -1.26. The van der Waals surface area contributed by atoms with Crippen molar-refractivity contribution in [3.05, 3.63) is 29.8 Å². The summed E-state index contributed by atoms with van der Waals surface area (Å²) in [6.45, 7) is 5.18. The number of piperidine rings is 1. The number of rotatable bonds is 6. The molecule has 0 bridgehead atoms. The monoisotopic (exact) mass is 340 g/mol. The van der Waals surface area contributed by atoms with Crippen LogP contribution in [-0.4, -0.2) is 31.6 Å². The number of carbonyl (C=O) groups excluding carboxylic acids is 1. The fourth-order valence-corrected chi connectivity index (χ4v) is 2.98. The summed E-state index contributed by atoms with van der Waals surface area (Å²) in [5.41, 5.74) is 1.28. The standard InChI is InChI=1S/C18H28N2O2.ClH/c1-13(4-5-15-6-8-17(22-3)9-7-15)20-18(21)16-10-11-19-14(2)12-16;/h6-9,13-14,16,19H,4-5,10-12H2,1-3H3,(H,20,21);1H/t13?,14-,16-;/m0./s1. The third-order valence-electron chi connectivity index (χ3n) is 4.41. The van der Waals surface area contributed by atoms with Crippen molar-refractivity contribution in [3.8, 4) is 5.75 Å². The number of aryl methyl sites for hydroxylation is 1. The van der Waals surface area contributed by atoms with Gasteiger partial charge in [0.1, 0.15) is 5.75 Å². The van der Waals surface area contributed by atoms with Crippen LogP contribution in [0.25, 0.3) is 0 Å². The first kappa shape index (κ1) is 19.8. The van der Waals surface area contributed by atoms with Crippen LogP contribution >= 0.6 is 12.4 Å². The lowest BCUT2D eigenvalue weighted by atomic mass is 9.92. The molecule has 1 saturated heterocycles. The Kier molecular flexibility index (Phi) is 8.42. The van der Waals surface area contributed by atoms with E-state index in [0.29, 0.717) is 6.04 Å². The van der Waals surface area contributed by atoms with Gasteiger partial charge in [0.05, 0.1) is 7.11 Å². The normalized spacial score (nSPS) is 21.9. The SMILES string of the molecule is COc1ccc(CCC(C)NC(=O)[C@H]2CCN[C@@H](C)C2)cc1.Cl. The number of amides is 1. The van der Waals surface area contributed by atoms with Crippen molar-refractivity contribution < 1.29 is 9.53 Å². The minimum atomic E-state index is 0. The Morgan fingerprint density at radius 2 is 2.09 bits per heavy atom. The molecular formula is C18H29ClN2O2. The predicted octanol–water partition coefficient (Wildman–Crippen LogP) is 2.94. The summed E-state index contributed by atoms with van der Waals surface area (Å²) in [6, 6.07) is 8.78. The van der Waals surface area contributed by atoms with E-state index in [9.17, 15) is 4.79 Å². The van der Waals surface area contributed by atoms with E-state index in [0.717, 1.165) is 38.0 Å². The number of methoxy groups -OCH3 is 1. The van der Waals surface area contributed by atoms with E-state index in [1.807, 2.05) is 12.1 Å². The molecule has 2 N–H and O–H groups in total. The van der Waals surface area contributed by atoms with Crippen molar-refractivity contribution in [2.75, 3.05) is 13.7 Å². The molecule has 1 heterocycles. The molecule has 5 heteroatoms. The number of ether oxygens (including phenoxy) is 1. The molecule has 130 valence electrons. The van der Waals surface area contributed by atoms with Crippen LogP contribution in [0.5, 0.6) is 5.75 Å². The molecule has 1 fully saturated rings. The molecule has 1 aliphatic rings. The van der Waals surface area contributed by atoms with Crippen LogP contribution in [0.15, 0.2) is 24.3 Å². The molecule has 1 aromatic rings. The molecule has 0 radical (unpaired) electrons. The number of hydrogen-bond acceptors (Lipinski definition) is 3. The zero-order valence-corrected chi connectivity index (χ0v) is 15.1. The Bertz CT molecular complexity index is 478. The van der Waals surface area contributed by atoms with Gasteiger partial charge in [-0.3, -0.25) is 4.79 Å². The molecular weight excluding hydrogens is 312 g/mol. The first-order valence-corrected chi connectivity index (χ1v) is 8.25. The lowest BCUT2D eigenvalue weighted by Crippen LogP contribution is -2.44. The van der Waals surface area contributed by atoms with E-state index in [1.54, 1.807) is 7.11 Å². The quantitative estimate of drug-likeness (QED) is 0.837. The maximum absolute atomic E-state index is 12.3. The molecule has 2 rings (SSSR count). The second-order valence-electron chi connectivity index (χ2n) is 6.37. The molecule has 0 saturated carbocycles. The molecule has 0 aliphatic carbocycles. The van der Waals surface area contributed by atoms with E-state index in [1.165, 1.54) is 5.56 Å². The Labute approximate surface area is 145 Å². The van der Waals surface area contributed by atoms with Gasteiger partial charge < -0.3 is 15.4 Å². The average molecular weight is 341 g/mol. The predicted molar refractivity (Wildman–Crippen MR) is 96.4 cm³/mol. The van der Waals surface area contributed by atoms with Crippen LogP contribution in [-0.2, 0) is 11.2 Å². The van der Waals surface area contributed by atoms with E-state index in [-0.39, 0.29) is 30.3 Å². The molecule has 1 amide bonds. The maximum atomic E-state index is 12.3. The first-order chi connectivity index (χ1) is 10.6. The summed E-state index contributed by atoms with van der Waals surface area (Å²) in [6.07, 6.45) is 3.81. The minimum absolute atomic E-state index is 0. The van der Waals surface area contributed by atoms with Crippen molar-refractivity contribution in [1.29, 1.82) is 0 Å². The van der Waals surface area contributed by atoms with Crippen LogP contribution in [0.1, 0.15) is 38.7 Å². The maximum Gasteiger partial charge on any atom is 0.223 e. The molecule has 1 unspecified atom stereocenters. The van der Waals surface area contributed by atoms with E-state index in [4.69, 9.17) is 4.74 Å². The second kappa shape index (κ2) is 9.78. The summed E-state index contributed by atoms with van der Waals surface area (Å²) in [5.74, 6) is 1.26. The van der Waals surface area contributed by atoms with Gasteiger partial charge in [-0.05, 0) is 63.8 Å². The third-order valence-corrected chi connectivity index (χ3v) is 4.41. The van der Waals surface area contributed by atoms with Gasteiger partial charge in [0.2, 0.25) is 5.91 Å². The average Bonchev–Trinajstić information content (AvgIpc) is 2.53. The fourth-order valence-electron chi connectivity index (χ4n) is 2.98. The zero-order valence-electron chi connectivity index (χ0n) is 14.3. The largest absolute Gasteiger partial charge is 0.497 e.